The third kappa shape index (κ3) is 5.64. The molecule has 0 aliphatic rings. The summed E-state index contributed by atoms with van der Waals surface area (Å²) in [7, 11) is 2.26. The Morgan fingerprint density at radius 1 is 1.05 bits per heavy atom. The number of benzene rings is 1. The molecule has 0 amide bonds. The van der Waals surface area contributed by atoms with Crippen molar-refractivity contribution in [2.75, 3.05) is 20.1 Å². The van der Waals surface area contributed by atoms with Crippen LogP contribution in [-0.4, -0.2) is 31.1 Å². The molecule has 0 heterocycles. The Balaban J connectivity index is 2.73. The van der Waals surface area contributed by atoms with Crippen LogP contribution < -0.4 is 5.32 Å². The second-order valence-electron chi connectivity index (χ2n) is 6.28. The van der Waals surface area contributed by atoms with E-state index in [9.17, 15) is 0 Å². The molecular weight excluding hydrogens is 244 g/mol. The zero-order valence-corrected chi connectivity index (χ0v) is 13.9. The maximum Gasteiger partial charge on any atom is 0.0472 e. The minimum atomic E-state index is 0.455. The summed E-state index contributed by atoms with van der Waals surface area (Å²) in [4.78, 5) is 2.52. The number of hydrogen-bond donors (Lipinski definition) is 1. The summed E-state index contributed by atoms with van der Waals surface area (Å²) in [6.07, 6.45) is 2.50. The number of nitrogens with zero attached hydrogens (tertiary/aromatic N) is 1. The average Bonchev–Trinajstić information content (AvgIpc) is 2.44. The molecule has 114 valence electrons. The van der Waals surface area contributed by atoms with Crippen LogP contribution >= 0.6 is 0 Å². The summed E-state index contributed by atoms with van der Waals surface area (Å²) in [6, 6.07) is 11.9. The van der Waals surface area contributed by atoms with Gasteiger partial charge in [0.25, 0.3) is 0 Å². The first-order valence-corrected chi connectivity index (χ1v) is 8.03. The van der Waals surface area contributed by atoms with Crippen LogP contribution in [0.1, 0.15) is 52.1 Å². The minimum Gasteiger partial charge on any atom is -0.315 e. The van der Waals surface area contributed by atoms with Crippen molar-refractivity contribution < 1.29 is 0 Å². The van der Waals surface area contributed by atoms with Crippen LogP contribution in [0.2, 0.25) is 0 Å². The zero-order chi connectivity index (χ0) is 15.0. The smallest absolute Gasteiger partial charge is 0.0472 e. The Bertz CT molecular complexity index is 348. The minimum absolute atomic E-state index is 0.455. The van der Waals surface area contributed by atoms with Gasteiger partial charge in [-0.05, 0) is 38.4 Å². The van der Waals surface area contributed by atoms with Crippen LogP contribution in [-0.2, 0) is 0 Å². The van der Waals surface area contributed by atoms with E-state index in [1.807, 2.05) is 0 Å². The molecule has 1 rings (SSSR count). The monoisotopic (exact) mass is 276 g/mol. The first kappa shape index (κ1) is 17.2. The molecule has 0 fully saturated rings. The highest BCUT2D eigenvalue weighted by atomic mass is 15.2. The van der Waals surface area contributed by atoms with E-state index in [0.29, 0.717) is 18.0 Å². The summed E-state index contributed by atoms with van der Waals surface area (Å²) < 4.78 is 0. The Morgan fingerprint density at radius 3 is 2.25 bits per heavy atom. The molecule has 0 aliphatic heterocycles. The molecule has 2 unspecified atom stereocenters. The Labute approximate surface area is 125 Å². The standard InChI is InChI=1S/C18H32N2/c1-6-10-16(4)20(5)18(14-19-13-15(2)3)17-11-8-7-9-12-17/h7-9,11-12,15-16,18-19H,6,10,13-14H2,1-5H3. The third-order valence-electron chi connectivity index (χ3n) is 3.97. The predicted octanol–water partition coefficient (Wildman–Crippen LogP) is 4.09. The fourth-order valence-electron chi connectivity index (χ4n) is 2.61. The first-order chi connectivity index (χ1) is 9.56. The molecule has 0 spiro atoms. The van der Waals surface area contributed by atoms with Crippen molar-refractivity contribution in [1.29, 1.82) is 0 Å². The molecule has 0 aromatic heterocycles. The number of hydrogen-bond acceptors (Lipinski definition) is 2. The van der Waals surface area contributed by atoms with Crippen LogP contribution in [0.5, 0.6) is 0 Å². The van der Waals surface area contributed by atoms with Crippen molar-refractivity contribution >= 4 is 0 Å². The van der Waals surface area contributed by atoms with Crippen LogP contribution in [0, 0.1) is 5.92 Å². The van der Waals surface area contributed by atoms with Crippen LogP contribution in [0.3, 0.4) is 0 Å². The normalized spacial score (nSPS) is 14.8. The van der Waals surface area contributed by atoms with Crippen LogP contribution in [0.4, 0.5) is 0 Å². The fourth-order valence-corrected chi connectivity index (χ4v) is 2.61. The lowest BCUT2D eigenvalue weighted by Crippen LogP contribution is -2.39. The molecule has 0 bridgehead atoms. The summed E-state index contributed by atoms with van der Waals surface area (Å²) >= 11 is 0. The highest BCUT2D eigenvalue weighted by molar-refractivity contribution is 5.19. The molecule has 2 atom stereocenters. The lowest BCUT2D eigenvalue weighted by molar-refractivity contribution is 0.171. The van der Waals surface area contributed by atoms with Crippen molar-refractivity contribution in [1.82, 2.24) is 10.2 Å². The molecule has 1 N–H and O–H groups in total. The number of nitrogens with one attached hydrogen (secondary N) is 1. The van der Waals surface area contributed by atoms with E-state index in [2.05, 4.69) is 75.3 Å². The van der Waals surface area contributed by atoms with Gasteiger partial charge in [0.1, 0.15) is 0 Å². The summed E-state index contributed by atoms with van der Waals surface area (Å²) in [5.74, 6) is 0.699. The van der Waals surface area contributed by atoms with E-state index >= 15 is 0 Å². The average molecular weight is 276 g/mol. The fraction of sp³-hybridized carbons (Fsp3) is 0.667. The van der Waals surface area contributed by atoms with Gasteiger partial charge in [-0.25, -0.2) is 0 Å². The van der Waals surface area contributed by atoms with Crippen molar-refractivity contribution in [2.45, 2.75) is 52.6 Å². The highest BCUT2D eigenvalue weighted by Gasteiger charge is 2.20. The molecule has 2 nitrogen and oxygen atoms in total. The van der Waals surface area contributed by atoms with Crippen molar-refractivity contribution in [3.63, 3.8) is 0 Å². The summed E-state index contributed by atoms with van der Waals surface area (Å²) in [5.41, 5.74) is 1.41. The van der Waals surface area contributed by atoms with E-state index in [1.54, 1.807) is 0 Å². The van der Waals surface area contributed by atoms with E-state index in [1.165, 1.54) is 18.4 Å². The van der Waals surface area contributed by atoms with Gasteiger partial charge in [0, 0.05) is 18.6 Å². The van der Waals surface area contributed by atoms with Gasteiger partial charge in [-0.3, -0.25) is 4.90 Å². The van der Waals surface area contributed by atoms with Gasteiger partial charge in [-0.1, -0.05) is 57.5 Å². The maximum atomic E-state index is 3.62. The topological polar surface area (TPSA) is 15.3 Å². The first-order valence-electron chi connectivity index (χ1n) is 8.03. The lowest BCUT2D eigenvalue weighted by Gasteiger charge is -2.34. The van der Waals surface area contributed by atoms with Crippen molar-refractivity contribution in [2.24, 2.45) is 5.92 Å². The molecule has 1 aromatic carbocycles. The summed E-state index contributed by atoms with van der Waals surface area (Å²) in [6.45, 7) is 11.2. The Hall–Kier alpha value is -0.860. The van der Waals surface area contributed by atoms with Gasteiger partial charge in [0.2, 0.25) is 0 Å². The van der Waals surface area contributed by atoms with E-state index in [4.69, 9.17) is 0 Å². The molecule has 2 heteroatoms. The predicted molar refractivity (Wildman–Crippen MR) is 89.0 cm³/mol. The molecule has 1 aromatic rings. The summed E-state index contributed by atoms with van der Waals surface area (Å²) in [5, 5.41) is 3.62. The van der Waals surface area contributed by atoms with Gasteiger partial charge in [-0.15, -0.1) is 0 Å². The van der Waals surface area contributed by atoms with Gasteiger partial charge in [-0.2, -0.15) is 0 Å². The molecule has 0 saturated carbocycles. The van der Waals surface area contributed by atoms with Gasteiger partial charge >= 0.3 is 0 Å². The Morgan fingerprint density at radius 2 is 1.70 bits per heavy atom. The van der Waals surface area contributed by atoms with Gasteiger partial charge < -0.3 is 5.32 Å². The molecule has 20 heavy (non-hydrogen) atoms. The molecular formula is C18H32N2. The van der Waals surface area contributed by atoms with Gasteiger partial charge in [0.15, 0.2) is 0 Å². The van der Waals surface area contributed by atoms with Crippen LogP contribution in [0.25, 0.3) is 0 Å². The Kier molecular flexibility index (Phi) is 7.86. The van der Waals surface area contributed by atoms with Crippen molar-refractivity contribution in [3.8, 4) is 0 Å². The van der Waals surface area contributed by atoms with Crippen LogP contribution in [0.15, 0.2) is 30.3 Å². The number of likely N-dealkylation sites (N-methyl/N-ethyl adjacent to an activating group) is 1. The van der Waals surface area contributed by atoms with Gasteiger partial charge in [0.05, 0.1) is 0 Å². The largest absolute Gasteiger partial charge is 0.315 e. The zero-order valence-electron chi connectivity index (χ0n) is 13.9. The van der Waals surface area contributed by atoms with E-state index in [-0.39, 0.29) is 0 Å². The van der Waals surface area contributed by atoms with Crippen molar-refractivity contribution in [3.05, 3.63) is 35.9 Å². The lowest BCUT2D eigenvalue weighted by atomic mass is 10.0. The van der Waals surface area contributed by atoms with E-state index in [0.717, 1.165) is 13.1 Å². The second-order valence-corrected chi connectivity index (χ2v) is 6.28. The molecule has 0 radical (unpaired) electrons. The SMILES string of the molecule is CCCC(C)N(C)C(CNCC(C)C)c1ccccc1. The number of rotatable bonds is 9. The quantitative estimate of drug-likeness (QED) is 0.730. The highest BCUT2D eigenvalue weighted by Crippen LogP contribution is 2.22. The van der Waals surface area contributed by atoms with E-state index < -0.39 is 0 Å². The molecule has 0 saturated heterocycles. The molecule has 0 aliphatic carbocycles. The maximum absolute atomic E-state index is 3.62. The second kappa shape index (κ2) is 9.15. The third-order valence-corrected chi connectivity index (χ3v) is 3.97.